The topological polar surface area (TPSA) is 84.5 Å². The van der Waals surface area contributed by atoms with Gasteiger partial charge in [-0.05, 0) is 50.5 Å². The quantitative estimate of drug-likeness (QED) is 0.700. The fourth-order valence-electron chi connectivity index (χ4n) is 2.73. The number of esters is 1. The minimum atomic E-state index is -1.000. The van der Waals surface area contributed by atoms with Gasteiger partial charge in [-0.3, -0.25) is 9.59 Å². The van der Waals surface area contributed by atoms with Gasteiger partial charge in [0.1, 0.15) is 6.04 Å². The molecule has 0 fully saturated rings. The van der Waals surface area contributed by atoms with Crippen LogP contribution in [0.2, 0.25) is 0 Å². The Bertz CT molecular complexity index is 875. The molecule has 6 nitrogen and oxygen atoms in total. The van der Waals surface area contributed by atoms with Gasteiger partial charge in [-0.25, -0.2) is 4.79 Å². The van der Waals surface area contributed by atoms with Gasteiger partial charge >= 0.3 is 5.97 Å². The van der Waals surface area contributed by atoms with Crippen molar-refractivity contribution >= 4 is 23.5 Å². The minimum Gasteiger partial charge on any atom is -0.451 e. The van der Waals surface area contributed by atoms with Crippen molar-refractivity contribution in [3.63, 3.8) is 0 Å². The first-order valence-electron chi connectivity index (χ1n) is 9.63. The highest BCUT2D eigenvalue weighted by Crippen LogP contribution is 2.13. The van der Waals surface area contributed by atoms with Gasteiger partial charge in [0.2, 0.25) is 0 Å². The maximum Gasteiger partial charge on any atom is 0.329 e. The van der Waals surface area contributed by atoms with E-state index in [9.17, 15) is 14.4 Å². The van der Waals surface area contributed by atoms with Crippen molar-refractivity contribution in [2.24, 2.45) is 5.92 Å². The summed E-state index contributed by atoms with van der Waals surface area (Å²) < 4.78 is 5.33. The van der Waals surface area contributed by atoms with Crippen LogP contribution in [0.5, 0.6) is 0 Å². The molecular weight excluding hydrogens is 368 g/mol. The first-order valence-corrected chi connectivity index (χ1v) is 9.63. The van der Waals surface area contributed by atoms with Crippen molar-refractivity contribution in [2.75, 3.05) is 5.32 Å². The van der Waals surface area contributed by atoms with E-state index in [0.717, 1.165) is 11.1 Å². The molecule has 2 aromatic carbocycles. The van der Waals surface area contributed by atoms with Crippen molar-refractivity contribution in [1.82, 2.24) is 5.32 Å². The zero-order valence-electron chi connectivity index (χ0n) is 17.5. The molecule has 0 aliphatic rings. The van der Waals surface area contributed by atoms with Crippen molar-refractivity contribution in [1.29, 1.82) is 0 Å². The number of rotatable bonds is 7. The molecule has 0 aliphatic heterocycles. The van der Waals surface area contributed by atoms with E-state index in [0.29, 0.717) is 11.3 Å². The van der Waals surface area contributed by atoms with Gasteiger partial charge in [-0.15, -0.1) is 0 Å². The van der Waals surface area contributed by atoms with Gasteiger partial charge in [0, 0.05) is 11.3 Å². The van der Waals surface area contributed by atoms with Crippen LogP contribution in [0.25, 0.3) is 0 Å². The molecule has 2 rings (SSSR count). The first kappa shape index (κ1) is 22.1. The highest BCUT2D eigenvalue weighted by Gasteiger charge is 2.29. The molecule has 2 amide bonds. The number of hydrogen-bond donors (Lipinski definition) is 2. The lowest BCUT2D eigenvalue weighted by Gasteiger charge is -2.23. The summed E-state index contributed by atoms with van der Waals surface area (Å²) in [5.41, 5.74) is 3.01. The third-order valence-electron chi connectivity index (χ3n) is 4.58. The van der Waals surface area contributed by atoms with Crippen LogP contribution in [0.3, 0.4) is 0 Å². The Hall–Kier alpha value is -3.15. The number of aryl methyl sites for hydroxylation is 2. The summed E-state index contributed by atoms with van der Waals surface area (Å²) in [6.45, 7) is 8.90. The van der Waals surface area contributed by atoms with Gasteiger partial charge in [0.25, 0.3) is 11.8 Å². The largest absolute Gasteiger partial charge is 0.451 e. The molecule has 0 bridgehead atoms. The van der Waals surface area contributed by atoms with Crippen LogP contribution in [0, 0.1) is 19.8 Å². The number of carbonyl (C=O) groups is 3. The lowest BCUT2D eigenvalue weighted by atomic mass is 10.0. The van der Waals surface area contributed by atoms with E-state index in [-0.39, 0.29) is 11.8 Å². The number of benzene rings is 2. The van der Waals surface area contributed by atoms with Gasteiger partial charge in [0.05, 0.1) is 0 Å². The van der Waals surface area contributed by atoms with E-state index in [2.05, 4.69) is 10.6 Å². The van der Waals surface area contributed by atoms with E-state index in [1.54, 1.807) is 38.1 Å². The summed E-state index contributed by atoms with van der Waals surface area (Å²) in [6, 6.07) is 13.6. The summed E-state index contributed by atoms with van der Waals surface area (Å²) in [6.07, 6.45) is -1.000. The summed E-state index contributed by atoms with van der Waals surface area (Å²) in [5, 5.41) is 5.44. The summed E-state index contributed by atoms with van der Waals surface area (Å²) in [4.78, 5) is 37.5. The normalized spacial score (nSPS) is 12.8. The third-order valence-corrected chi connectivity index (χ3v) is 4.58. The Labute approximate surface area is 171 Å². The van der Waals surface area contributed by atoms with Crippen LogP contribution in [0.1, 0.15) is 42.3 Å². The summed E-state index contributed by atoms with van der Waals surface area (Å²) >= 11 is 0. The molecule has 2 N–H and O–H groups in total. The Kier molecular flexibility index (Phi) is 7.53. The van der Waals surface area contributed by atoms with E-state index in [1.165, 1.54) is 6.92 Å². The van der Waals surface area contributed by atoms with Crippen LogP contribution in [0.4, 0.5) is 5.69 Å². The number of anilines is 1. The second kappa shape index (κ2) is 9.87. The highest BCUT2D eigenvalue weighted by molar-refractivity contribution is 5.99. The van der Waals surface area contributed by atoms with E-state index < -0.39 is 24.0 Å². The van der Waals surface area contributed by atoms with Crippen LogP contribution in [0.15, 0.2) is 48.5 Å². The molecule has 2 atom stereocenters. The number of hydrogen-bond acceptors (Lipinski definition) is 4. The third kappa shape index (κ3) is 6.17. The zero-order valence-corrected chi connectivity index (χ0v) is 17.5. The summed E-state index contributed by atoms with van der Waals surface area (Å²) in [5.74, 6) is -1.64. The molecule has 0 heterocycles. The van der Waals surface area contributed by atoms with E-state index >= 15 is 0 Å². The molecule has 6 heteroatoms. The van der Waals surface area contributed by atoms with Gasteiger partial charge in [0.15, 0.2) is 6.10 Å². The Morgan fingerprint density at radius 1 is 0.897 bits per heavy atom. The van der Waals surface area contributed by atoms with Crippen molar-refractivity contribution in [3.8, 4) is 0 Å². The van der Waals surface area contributed by atoms with Gasteiger partial charge < -0.3 is 15.4 Å². The molecule has 0 saturated carbocycles. The first-order chi connectivity index (χ1) is 13.7. The van der Waals surface area contributed by atoms with Crippen LogP contribution in [-0.4, -0.2) is 29.9 Å². The highest BCUT2D eigenvalue weighted by atomic mass is 16.5. The smallest absolute Gasteiger partial charge is 0.329 e. The fourth-order valence-corrected chi connectivity index (χ4v) is 2.73. The predicted octanol–water partition coefficient (Wildman–Crippen LogP) is 3.63. The van der Waals surface area contributed by atoms with Crippen molar-refractivity contribution in [2.45, 2.75) is 46.8 Å². The molecule has 0 unspecified atom stereocenters. The van der Waals surface area contributed by atoms with Gasteiger partial charge in [-0.1, -0.05) is 49.7 Å². The Morgan fingerprint density at radius 2 is 1.52 bits per heavy atom. The molecule has 0 aromatic heterocycles. The Balaban J connectivity index is 2.01. The average Bonchev–Trinajstić information content (AvgIpc) is 2.67. The van der Waals surface area contributed by atoms with Crippen molar-refractivity contribution < 1.29 is 19.1 Å². The lowest BCUT2D eigenvalue weighted by molar-refractivity contribution is -0.156. The van der Waals surface area contributed by atoms with E-state index in [4.69, 9.17) is 4.74 Å². The molecular formula is C23H28N2O4. The van der Waals surface area contributed by atoms with E-state index in [1.807, 2.05) is 38.1 Å². The second-order valence-corrected chi connectivity index (χ2v) is 7.44. The standard InChI is InChI=1S/C23H28N2O4/c1-14(2)20(25-22(27)19-9-7-6-8-16(19)4)23(28)29-17(5)21(26)24-18-12-10-15(3)11-13-18/h6-14,17,20H,1-5H3,(H,24,26)(H,25,27)/t17-,20+/m1/s1. The lowest BCUT2D eigenvalue weighted by Crippen LogP contribution is -2.47. The summed E-state index contributed by atoms with van der Waals surface area (Å²) in [7, 11) is 0. The number of ether oxygens (including phenoxy) is 1. The molecule has 29 heavy (non-hydrogen) atoms. The van der Waals surface area contributed by atoms with Gasteiger partial charge in [-0.2, -0.15) is 0 Å². The molecule has 154 valence electrons. The van der Waals surface area contributed by atoms with Crippen LogP contribution >= 0.6 is 0 Å². The molecule has 2 aromatic rings. The minimum absolute atomic E-state index is 0.206. The maximum atomic E-state index is 12.6. The average molecular weight is 396 g/mol. The number of amides is 2. The number of carbonyl (C=O) groups excluding carboxylic acids is 3. The maximum absolute atomic E-state index is 12.6. The molecule has 0 aliphatic carbocycles. The van der Waals surface area contributed by atoms with Crippen LogP contribution < -0.4 is 10.6 Å². The molecule has 0 radical (unpaired) electrons. The SMILES string of the molecule is Cc1ccc(NC(=O)[C@@H](C)OC(=O)[C@@H](NC(=O)c2ccccc2C)C(C)C)cc1. The van der Waals surface area contributed by atoms with Crippen LogP contribution in [-0.2, 0) is 14.3 Å². The molecule has 0 spiro atoms. The van der Waals surface area contributed by atoms with Crippen molar-refractivity contribution in [3.05, 3.63) is 65.2 Å². The fraction of sp³-hybridized carbons (Fsp3) is 0.348. The number of nitrogens with one attached hydrogen (secondary N) is 2. The monoisotopic (exact) mass is 396 g/mol. The second-order valence-electron chi connectivity index (χ2n) is 7.44. The Morgan fingerprint density at radius 3 is 2.10 bits per heavy atom. The zero-order chi connectivity index (χ0) is 21.6. The predicted molar refractivity (Wildman–Crippen MR) is 113 cm³/mol. The molecule has 0 saturated heterocycles.